The summed E-state index contributed by atoms with van der Waals surface area (Å²) in [6, 6.07) is 5.08. The lowest BCUT2D eigenvalue weighted by Crippen LogP contribution is -2.39. The van der Waals surface area contributed by atoms with Gasteiger partial charge in [-0.1, -0.05) is 0 Å². The second-order valence-corrected chi connectivity index (χ2v) is 6.22. The molecule has 0 bridgehead atoms. The van der Waals surface area contributed by atoms with E-state index in [1.54, 1.807) is 28.9 Å². The number of cyclic esters (lactones) is 1. The molecule has 0 radical (unpaired) electrons. The lowest BCUT2D eigenvalue weighted by atomic mass is 10.1. The van der Waals surface area contributed by atoms with Gasteiger partial charge in [0.2, 0.25) is 0 Å². The van der Waals surface area contributed by atoms with E-state index >= 15 is 0 Å². The number of halogens is 2. The number of rotatable bonds is 5. The Morgan fingerprint density at radius 2 is 2.18 bits per heavy atom. The second kappa shape index (κ2) is 6.98. The number of nitrogens with two attached hydrogens (primary N) is 1. The highest BCUT2D eigenvalue weighted by Crippen LogP contribution is 2.38. The number of primary amides is 1. The number of benzene rings is 1. The molecule has 1 fully saturated rings. The molecule has 148 valence electrons. The van der Waals surface area contributed by atoms with Crippen molar-refractivity contribution in [3.8, 4) is 22.8 Å². The van der Waals surface area contributed by atoms with Gasteiger partial charge in [-0.2, -0.15) is 5.10 Å². The number of anilines is 1. The summed E-state index contributed by atoms with van der Waals surface area (Å²) >= 11 is 0. The van der Waals surface area contributed by atoms with Gasteiger partial charge in [-0.15, -0.1) is 0 Å². The van der Waals surface area contributed by atoms with Crippen LogP contribution in [0.2, 0.25) is 0 Å². The molecule has 11 heteroatoms. The smallest absolute Gasteiger partial charge is 0.416 e. The number of carbonyl (C=O) groups excluding carboxylic acids is 2. The van der Waals surface area contributed by atoms with Crippen LogP contribution in [0.3, 0.4) is 0 Å². The third kappa shape index (κ3) is 3.19. The fraction of sp³-hybridized carbons (Fsp3) is 0.353. The van der Waals surface area contributed by atoms with Crippen LogP contribution in [0, 0.1) is 0 Å². The standard InChI is InChI=1S/C17H16F2N4O5/c18-16(19)12-7-28-17(25)23(12)15-6-11-10-2-1-9(27-8-14(20)24)5-13(10)26-4-3-22(11)21-15/h1-2,5-6,12,16H,3-4,7-8H2,(H2,20,24). The fourth-order valence-electron chi connectivity index (χ4n) is 3.11. The Morgan fingerprint density at radius 1 is 1.36 bits per heavy atom. The number of nitrogens with zero attached hydrogens (tertiary/aromatic N) is 3. The third-order valence-electron chi connectivity index (χ3n) is 4.38. The van der Waals surface area contributed by atoms with Crippen molar-refractivity contribution in [2.45, 2.75) is 19.0 Å². The summed E-state index contributed by atoms with van der Waals surface area (Å²) in [6.07, 6.45) is -3.61. The summed E-state index contributed by atoms with van der Waals surface area (Å²) in [4.78, 5) is 23.7. The average Bonchev–Trinajstić information content (AvgIpc) is 3.19. The molecule has 1 unspecified atom stereocenters. The van der Waals surface area contributed by atoms with Gasteiger partial charge in [0.1, 0.15) is 30.8 Å². The Bertz CT molecular complexity index is 932. The maximum atomic E-state index is 13.2. The van der Waals surface area contributed by atoms with Gasteiger partial charge in [0.25, 0.3) is 12.3 Å². The molecular formula is C17H16F2N4O5. The van der Waals surface area contributed by atoms with Gasteiger partial charge in [0.15, 0.2) is 12.4 Å². The van der Waals surface area contributed by atoms with E-state index in [2.05, 4.69) is 5.10 Å². The molecule has 9 nitrogen and oxygen atoms in total. The van der Waals surface area contributed by atoms with E-state index in [0.717, 1.165) is 4.90 Å². The summed E-state index contributed by atoms with van der Waals surface area (Å²) in [7, 11) is 0. The molecule has 1 atom stereocenters. The molecule has 3 heterocycles. The molecular weight excluding hydrogens is 378 g/mol. The molecule has 0 aliphatic carbocycles. The number of carbonyl (C=O) groups is 2. The van der Waals surface area contributed by atoms with Crippen molar-refractivity contribution in [3.63, 3.8) is 0 Å². The molecule has 2 aromatic rings. The van der Waals surface area contributed by atoms with Crippen LogP contribution in [0.15, 0.2) is 24.3 Å². The molecule has 1 aromatic heterocycles. The molecule has 2 aliphatic heterocycles. The maximum absolute atomic E-state index is 13.2. The minimum absolute atomic E-state index is 0.0877. The number of alkyl halides is 2. The van der Waals surface area contributed by atoms with Crippen LogP contribution < -0.4 is 20.1 Å². The number of amides is 2. The second-order valence-electron chi connectivity index (χ2n) is 6.22. The Hall–Kier alpha value is -3.37. The van der Waals surface area contributed by atoms with E-state index in [4.69, 9.17) is 19.9 Å². The summed E-state index contributed by atoms with van der Waals surface area (Å²) in [6.45, 7) is -0.0429. The van der Waals surface area contributed by atoms with Crippen LogP contribution >= 0.6 is 0 Å². The zero-order valence-electron chi connectivity index (χ0n) is 14.5. The summed E-state index contributed by atoms with van der Waals surface area (Å²) < 4.78 is 43.8. The van der Waals surface area contributed by atoms with Gasteiger partial charge in [0.05, 0.1) is 12.2 Å². The molecule has 0 spiro atoms. The molecule has 28 heavy (non-hydrogen) atoms. The number of ether oxygens (including phenoxy) is 3. The summed E-state index contributed by atoms with van der Waals surface area (Å²) in [5, 5.41) is 4.29. The van der Waals surface area contributed by atoms with Crippen molar-refractivity contribution in [2.24, 2.45) is 5.73 Å². The molecule has 1 saturated heterocycles. The number of hydrogen-bond acceptors (Lipinski definition) is 6. The molecule has 1 aromatic carbocycles. The van der Waals surface area contributed by atoms with E-state index in [-0.39, 0.29) is 25.6 Å². The van der Waals surface area contributed by atoms with Crippen molar-refractivity contribution in [1.82, 2.24) is 9.78 Å². The van der Waals surface area contributed by atoms with E-state index < -0.39 is 24.5 Å². The minimum atomic E-state index is -2.76. The largest absolute Gasteiger partial charge is 0.491 e. The van der Waals surface area contributed by atoms with Gasteiger partial charge in [-0.05, 0) is 12.1 Å². The molecule has 2 N–H and O–H groups in total. The van der Waals surface area contributed by atoms with E-state index in [1.807, 2.05) is 0 Å². The zero-order valence-corrected chi connectivity index (χ0v) is 14.5. The van der Waals surface area contributed by atoms with Gasteiger partial charge >= 0.3 is 6.09 Å². The molecule has 4 rings (SSSR count). The van der Waals surface area contributed by atoms with Gasteiger partial charge in [-0.3, -0.25) is 9.48 Å². The molecule has 2 amide bonds. The first kappa shape index (κ1) is 18.0. The number of aromatic nitrogens is 2. The van der Waals surface area contributed by atoms with E-state index in [1.165, 1.54) is 0 Å². The van der Waals surface area contributed by atoms with Crippen molar-refractivity contribution in [1.29, 1.82) is 0 Å². The Kier molecular flexibility index (Phi) is 4.49. The highest BCUT2D eigenvalue weighted by molar-refractivity contribution is 5.90. The lowest BCUT2D eigenvalue weighted by molar-refractivity contribution is -0.119. The first-order valence-corrected chi connectivity index (χ1v) is 8.44. The van der Waals surface area contributed by atoms with Crippen LogP contribution in [-0.4, -0.2) is 54.1 Å². The van der Waals surface area contributed by atoms with Gasteiger partial charge in [0, 0.05) is 17.7 Å². The van der Waals surface area contributed by atoms with Crippen molar-refractivity contribution in [3.05, 3.63) is 24.3 Å². The predicted octanol–water partition coefficient (Wildman–Crippen LogP) is 1.40. The SMILES string of the molecule is NC(=O)COc1ccc2c(c1)OCCn1nc(N3C(=O)OCC3C(F)F)cc1-2. The Balaban J connectivity index is 1.68. The molecule has 2 aliphatic rings. The van der Waals surface area contributed by atoms with Crippen LogP contribution in [-0.2, 0) is 16.1 Å². The summed E-state index contributed by atoms with van der Waals surface area (Å²) in [5.74, 6) is 0.350. The average molecular weight is 394 g/mol. The van der Waals surface area contributed by atoms with E-state index in [9.17, 15) is 18.4 Å². The van der Waals surface area contributed by atoms with Crippen molar-refractivity contribution >= 4 is 17.8 Å². The minimum Gasteiger partial charge on any atom is -0.491 e. The van der Waals surface area contributed by atoms with Crippen LogP contribution in [0.4, 0.5) is 19.4 Å². The summed E-state index contributed by atoms with van der Waals surface area (Å²) in [5.41, 5.74) is 6.31. The fourth-order valence-corrected chi connectivity index (χ4v) is 3.11. The predicted molar refractivity (Wildman–Crippen MR) is 91.5 cm³/mol. The van der Waals surface area contributed by atoms with Gasteiger partial charge < -0.3 is 19.9 Å². The topological polar surface area (TPSA) is 109 Å². The lowest BCUT2D eigenvalue weighted by Gasteiger charge is -2.17. The number of fused-ring (bicyclic) bond motifs is 3. The highest BCUT2D eigenvalue weighted by Gasteiger charge is 2.42. The van der Waals surface area contributed by atoms with Crippen molar-refractivity contribution < 1.29 is 32.6 Å². The first-order valence-electron chi connectivity index (χ1n) is 8.44. The van der Waals surface area contributed by atoms with Crippen molar-refractivity contribution in [2.75, 3.05) is 24.7 Å². The zero-order chi connectivity index (χ0) is 19.8. The van der Waals surface area contributed by atoms with E-state index in [0.29, 0.717) is 29.3 Å². The normalized spacial score (nSPS) is 18.2. The van der Waals surface area contributed by atoms with Crippen LogP contribution in [0.25, 0.3) is 11.3 Å². The quantitative estimate of drug-likeness (QED) is 0.821. The Morgan fingerprint density at radius 3 is 2.93 bits per heavy atom. The maximum Gasteiger partial charge on any atom is 0.416 e. The van der Waals surface area contributed by atoms with Crippen LogP contribution in [0.1, 0.15) is 0 Å². The number of hydrogen-bond donors (Lipinski definition) is 1. The monoisotopic (exact) mass is 394 g/mol. The van der Waals surface area contributed by atoms with Gasteiger partial charge in [-0.25, -0.2) is 18.5 Å². The molecule has 0 saturated carbocycles. The van der Waals surface area contributed by atoms with Crippen LogP contribution in [0.5, 0.6) is 11.5 Å². The third-order valence-corrected chi connectivity index (χ3v) is 4.38. The Labute approximate surface area is 157 Å². The first-order chi connectivity index (χ1) is 13.4. The highest BCUT2D eigenvalue weighted by atomic mass is 19.3.